The summed E-state index contributed by atoms with van der Waals surface area (Å²) in [6.45, 7) is 13.3. The minimum atomic E-state index is 0.0891. The highest BCUT2D eigenvalue weighted by Crippen LogP contribution is 2.36. The highest BCUT2D eigenvalue weighted by Gasteiger charge is 2.38. The van der Waals surface area contributed by atoms with Gasteiger partial charge in [-0.15, -0.1) is 0 Å². The quantitative estimate of drug-likeness (QED) is 0.654. The van der Waals surface area contributed by atoms with Crippen LogP contribution in [0.4, 0.5) is 0 Å². The Kier molecular flexibility index (Phi) is 3.58. The van der Waals surface area contributed by atoms with E-state index in [1.165, 1.54) is 6.08 Å². The maximum Gasteiger partial charge on any atom is 0.246 e. The monoisotopic (exact) mass is 209 g/mol. The number of amides is 1. The maximum atomic E-state index is 11.7. The fourth-order valence-corrected chi connectivity index (χ4v) is 2.53. The lowest BCUT2D eigenvalue weighted by atomic mass is 9.88. The van der Waals surface area contributed by atoms with Gasteiger partial charge in [-0.05, 0) is 30.3 Å². The third-order valence-corrected chi connectivity index (χ3v) is 3.03. The lowest BCUT2D eigenvalue weighted by Crippen LogP contribution is -2.35. The van der Waals surface area contributed by atoms with Crippen LogP contribution in [0.25, 0.3) is 0 Å². The van der Waals surface area contributed by atoms with E-state index >= 15 is 0 Å². The van der Waals surface area contributed by atoms with Gasteiger partial charge < -0.3 is 4.90 Å². The van der Waals surface area contributed by atoms with Crippen LogP contribution in [0.1, 0.15) is 40.5 Å². The third kappa shape index (κ3) is 3.08. The van der Waals surface area contributed by atoms with Gasteiger partial charge in [-0.1, -0.05) is 34.3 Å². The topological polar surface area (TPSA) is 20.3 Å². The fraction of sp³-hybridized carbons (Fsp3) is 0.769. The van der Waals surface area contributed by atoms with Crippen LogP contribution in [-0.2, 0) is 4.79 Å². The summed E-state index contributed by atoms with van der Waals surface area (Å²) in [5, 5.41) is 0. The van der Waals surface area contributed by atoms with Crippen molar-refractivity contribution in [1.82, 2.24) is 4.90 Å². The Morgan fingerprint density at radius 3 is 2.67 bits per heavy atom. The van der Waals surface area contributed by atoms with Crippen molar-refractivity contribution in [2.45, 2.75) is 46.6 Å². The predicted molar refractivity (Wildman–Crippen MR) is 63.6 cm³/mol. The van der Waals surface area contributed by atoms with Crippen LogP contribution in [0.2, 0.25) is 0 Å². The normalized spacial score (nSPS) is 24.6. The summed E-state index contributed by atoms with van der Waals surface area (Å²) in [7, 11) is 0. The van der Waals surface area contributed by atoms with E-state index in [0.717, 1.165) is 19.4 Å². The zero-order valence-corrected chi connectivity index (χ0v) is 10.4. The smallest absolute Gasteiger partial charge is 0.246 e. The van der Waals surface area contributed by atoms with E-state index in [4.69, 9.17) is 0 Å². The van der Waals surface area contributed by atoms with Gasteiger partial charge in [0.05, 0.1) is 0 Å². The minimum absolute atomic E-state index is 0.0891. The van der Waals surface area contributed by atoms with Crippen molar-refractivity contribution in [2.24, 2.45) is 11.3 Å². The predicted octanol–water partition coefficient (Wildman–Crippen LogP) is 2.85. The first-order valence-corrected chi connectivity index (χ1v) is 5.79. The van der Waals surface area contributed by atoms with Crippen molar-refractivity contribution >= 4 is 5.91 Å². The SMILES string of the molecule is C=CC(=O)N1CC(C)(C)CC1CC(C)C. The van der Waals surface area contributed by atoms with E-state index in [2.05, 4.69) is 34.3 Å². The molecule has 1 aliphatic rings. The van der Waals surface area contributed by atoms with Crippen LogP contribution in [-0.4, -0.2) is 23.4 Å². The number of hydrogen-bond donors (Lipinski definition) is 0. The molecule has 0 bridgehead atoms. The summed E-state index contributed by atoms with van der Waals surface area (Å²) in [6, 6.07) is 0.408. The van der Waals surface area contributed by atoms with Crippen LogP contribution in [0.3, 0.4) is 0 Å². The average Bonchev–Trinajstić information content (AvgIpc) is 2.38. The first kappa shape index (κ1) is 12.3. The van der Waals surface area contributed by atoms with Gasteiger partial charge in [-0.3, -0.25) is 4.79 Å². The first-order chi connectivity index (χ1) is 6.85. The molecule has 1 saturated heterocycles. The molecular formula is C13H23NO. The highest BCUT2D eigenvalue weighted by molar-refractivity contribution is 5.87. The van der Waals surface area contributed by atoms with Crippen LogP contribution in [0, 0.1) is 11.3 Å². The van der Waals surface area contributed by atoms with Crippen molar-refractivity contribution in [2.75, 3.05) is 6.54 Å². The molecule has 0 aliphatic carbocycles. The van der Waals surface area contributed by atoms with Crippen LogP contribution in [0.5, 0.6) is 0 Å². The second kappa shape index (κ2) is 4.38. The maximum absolute atomic E-state index is 11.7. The molecule has 2 nitrogen and oxygen atoms in total. The number of rotatable bonds is 3. The Balaban J connectivity index is 2.74. The molecule has 0 saturated carbocycles. The van der Waals surface area contributed by atoms with Crippen molar-refractivity contribution in [3.8, 4) is 0 Å². The molecule has 0 N–H and O–H groups in total. The molecule has 15 heavy (non-hydrogen) atoms. The molecule has 0 aromatic rings. The van der Waals surface area contributed by atoms with Gasteiger partial charge in [0.15, 0.2) is 0 Å². The molecule has 0 spiro atoms. The highest BCUT2D eigenvalue weighted by atomic mass is 16.2. The third-order valence-electron chi connectivity index (χ3n) is 3.03. The molecule has 1 atom stereocenters. The van der Waals surface area contributed by atoms with Gasteiger partial charge in [0.2, 0.25) is 5.91 Å². The second-order valence-corrected chi connectivity index (χ2v) is 5.82. The van der Waals surface area contributed by atoms with E-state index in [0.29, 0.717) is 12.0 Å². The largest absolute Gasteiger partial charge is 0.336 e. The Morgan fingerprint density at radius 1 is 1.60 bits per heavy atom. The number of hydrogen-bond acceptors (Lipinski definition) is 1. The zero-order chi connectivity index (χ0) is 11.6. The van der Waals surface area contributed by atoms with E-state index in [1.54, 1.807) is 0 Å². The molecule has 86 valence electrons. The number of likely N-dealkylation sites (tertiary alicyclic amines) is 1. The minimum Gasteiger partial charge on any atom is -0.336 e. The molecule has 1 rings (SSSR count). The summed E-state index contributed by atoms with van der Waals surface area (Å²) >= 11 is 0. The van der Waals surface area contributed by atoms with Gasteiger partial charge in [0.1, 0.15) is 0 Å². The molecular weight excluding hydrogens is 186 g/mol. The summed E-state index contributed by atoms with van der Waals surface area (Å²) in [5.41, 5.74) is 0.262. The molecule has 0 aromatic carbocycles. The summed E-state index contributed by atoms with van der Waals surface area (Å²) < 4.78 is 0. The average molecular weight is 209 g/mol. The van der Waals surface area contributed by atoms with E-state index in [1.807, 2.05) is 4.90 Å². The molecule has 1 amide bonds. The number of carbonyl (C=O) groups is 1. The lowest BCUT2D eigenvalue weighted by Gasteiger charge is -2.24. The Labute approximate surface area is 93.3 Å². The fourth-order valence-electron chi connectivity index (χ4n) is 2.53. The van der Waals surface area contributed by atoms with E-state index in [-0.39, 0.29) is 11.3 Å². The molecule has 0 aromatic heterocycles. The van der Waals surface area contributed by atoms with Crippen LogP contribution in [0.15, 0.2) is 12.7 Å². The molecule has 1 fully saturated rings. The van der Waals surface area contributed by atoms with Gasteiger partial charge in [0, 0.05) is 12.6 Å². The van der Waals surface area contributed by atoms with E-state index < -0.39 is 0 Å². The van der Waals surface area contributed by atoms with Gasteiger partial charge in [-0.25, -0.2) is 0 Å². The van der Waals surface area contributed by atoms with Crippen LogP contribution < -0.4 is 0 Å². The van der Waals surface area contributed by atoms with Crippen LogP contribution >= 0.6 is 0 Å². The van der Waals surface area contributed by atoms with Gasteiger partial charge >= 0.3 is 0 Å². The molecule has 1 unspecified atom stereocenters. The summed E-state index contributed by atoms with van der Waals surface area (Å²) in [6.07, 6.45) is 3.66. The lowest BCUT2D eigenvalue weighted by molar-refractivity contribution is -0.127. The number of carbonyl (C=O) groups excluding carboxylic acids is 1. The Bertz CT molecular complexity index is 255. The van der Waals surface area contributed by atoms with Gasteiger partial charge in [0.25, 0.3) is 0 Å². The van der Waals surface area contributed by atoms with E-state index in [9.17, 15) is 4.79 Å². The first-order valence-electron chi connectivity index (χ1n) is 5.79. The zero-order valence-electron chi connectivity index (χ0n) is 10.4. The summed E-state index contributed by atoms with van der Waals surface area (Å²) in [5.74, 6) is 0.732. The standard InChI is InChI=1S/C13H23NO/c1-6-12(15)14-9-13(4,5)8-11(14)7-10(2)3/h6,10-11H,1,7-9H2,2-5H3. The molecule has 0 radical (unpaired) electrons. The Hall–Kier alpha value is -0.790. The molecule has 1 heterocycles. The van der Waals surface area contributed by atoms with Crippen molar-refractivity contribution in [3.05, 3.63) is 12.7 Å². The molecule has 2 heteroatoms. The van der Waals surface area contributed by atoms with Gasteiger partial charge in [-0.2, -0.15) is 0 Å². The van der Waals surface area contributed by atoms with Crippen molar-refractivity contribution in [3.63, 3.8) is 0 Å². The number of nitrogens with zero attached hydrogens (tertiary/aromatic N) is 1. The van der Waals surface area contributed by atoms with Crippen molar-refractivity contribution in [1.29, 1.82) is 0 Å². The Morgan fingerprint density at radius 2 is 2.20 bits per heavy atom. The summed E-state index contributed by atoms with van der Waals surface area (Å²) in [4.78, 5) is 13.7. The van der Waals surface area contributed by atoms with Crippen molar-refractivity contribution < 1.29 is 4.79 Å². The second-order valence-electron chi connectivity index (χ2n) is 5.82. The molecule has 1 aliphatic heterocycles.